The van der Waals surface area contributed by atoms with E-state index < -0.39 is 27.8 Å². The monoisotopic (exact) mass is 513 g/mol. The summed E-state index contributed by atoms with van der Waals surface area (Å²) in [5, 5.41) is 6.76. The Labute approximate surface area is 208 Å². The van der Waals surface area contributed by atoms with Gasteiger partial charge in [0.05, 0.1) is 10.6 Å². The topological polar surface area (TPSA) is 88.1 Å². The van der Waals surface area contributed by atoms with E-state index in [4.69, 9.17) is 4.84 Å². The van der Waals surface area contributed by atoms with Crippen LogP contribution in [0, 0.1) is 11.6 Å². The summed E-state index contributed by atoms with van der Waals surface area (Å²) in [5.41, 5.74) is 2.22. The first-order valence-electron chi connectivity index (χ1n) is 11.3. The average Bonchev–Trinajstić information content (AvgIpc) is 2.90. The number of benzene rings is 3. The number of halogens is 2. The summed E-state index contributed by atoms with van der Waals surface area (Å²) in [7, 11) is -2.31. The SMILES string of the molecule is CNC(=O)c1cccc(S(=O)(=O)N2CCC(=NOC(c3ccc(F)cc3)c3ccc(F)cc3)CC2)c1. The molecule has 0 saturated carbocycles. The van der Waals surface area contributed by atoms with Crippen LogP contribution in [0.3, 0.4) is 0 Å². The minimum atomic E-state index is -3.79. The number of oxime groups is 1. The molecule has 188 valence electrons. The lowest BCUT2D eigenvalue weighted by Gasteiger charge is -2.27. The zero-order chi connectivity index (χ0) is 25.7. The number of nitrogens with one attached hydrogen (secondary N) is 1. The van der Waals surface area contributed by atoms with E-state index in [9.17, 15) is 22.0 Å². The molecule has 0 bridgehead atoms. The fourth-order valence-electron chi connectivity index (χ4n) is 3.88. The zero-order valence-corrected chi connectivity index (χ0v) is 20.3. The number of piperidine rings is 1. The zero-order valence-electron chi connectivity index (χ0n) is 19.5. The smallest absolute Gasteiger partial charge is 0.251 e. The van der Waals surface area contributed by atoms with Crippen LogP contribution in [-0.4, -0.2) is 44.5 Å². The van der Waals surface area contributed by atoms with Gasteiger partial charge < -0.3 is 10.2 Å². The van der Waals surface area contributed by atoms with Crippen LogP contribution in [0.5, 0.6) is 0 Å². The van der Waals surface area contributed by atoms with Crippen molar-refractivity contribution in [2.24, 2.45) is 5.16 Å². The van der Waals surface area contributed by atoms with E-state index in [-0.39, 0.29) is 29.5 Å². The van der Waals surface area contributed by atoms with Crippen molar-refractivity contribution in [3.63, 3.8) is 0 Å². The lowest BCUT2D eigenvalue weighted by atomic mass is 10.0. The highest BCUT2D eigenvalue weighted by atomic mass is 32.2. The van der Waals surface area contributed by atoms with Crippen LogP contribution in [0.15, 0.2) is 82.8 Å². The van der Waals surface area contributed by atoms with Crippen LogP contribution in [0.4, 0.5) is 8.78 Å². The summed E-state index contributed by atoms with van der Waals surface area (Å²) < 4.78 is 54.4. The third-order valence-corrected chi connectivity index (χ3v) is 7.79. The largest absolute Gasteiger partial charge is 0.383 e. The van der Waals surface area contributed by atoms with Gasteiger partial charge in [0.25, 0.3) is 5.91 Å². The first kappa shape index (κ1) is 25.5. The molecule has 0 aliphatic carbocycles. The number of carbonyl (C=O) groups is 1. The molecule has 10 heteroatoms. The van der Waals surface area contributed by atoms with E-state index in [0.29, 0.717) is 29.7 Å². The van der Waals surface area contributed by atoms with E-state index >= 15 is 0 Å². The highest BCUT2D eigenvalue weighted by molar-refractivity contribution is 7.89. The maximum absolute atomic E-state index is 13.4. The van der Waals surface area contributed by atoms with Crippen LogP contribution in [0.1, 0.15) is 40.4 Å². The number of rotatable bonds is 7. The summed E-state index contributed by atoms with van der Waals surface area (Å²) in [5.74, 6) is -1.15. The average molecular weight is 514 g/mol. The standard InChI is InChI=1S/C26H25F2N3O4S/c1-29-26(32)20-3-2-4-24(17-20)36(33,34)31-15-13-23(14-16-31)30-35-25(18-5-9-21(27)10-6-18)19-7-11-22(28)12-8-19/h2-12,17,25H,13-16H2,1H3,(H,29,32). The molecule has 7 nitrogen and oxygen atoms in total. The summed E-state index contributed by atoms with van der Waals surface area (Å²) >= 11 is 0. The molecule has 1 aliphatic heterocycles. The molecule has 1 fully saturated rings. The molecule has 1 aliphatic rings. The second-order valence-electron chi connectivity index (χ2n) is 8.26. The van der Waals surface area contributed by atoms with Gasteiger partial charge in [-0.3, -0.25) is 4.79 Å². The predicted molar refractivity (Wildman–Crippen MR) is 131 cm³/mol. The van der Waals surface area contributed by atoms with Crippen molar-refractivity contribution in [3.05, 3.63) is 101 Å². The lowest BCUT2D eigenvalue weighted by Crippen LogP contribution is -2.38. The Hall–Kier alpha value is -3.63. The molecule has 1 saturated heterocycles. The van der Waals surface area contributed by atoms with E-state index in [2.05, 4.69) is 10.5 Å². The Balaban J connectivity index is 1.47. The van der Waals surface area contributed by atoms with E-state index in [1.165, 1.54) is 53.8 Å². The maximum Gasteiger partial charge on any atom is 0.251 e. The summed E-state index contributed by atoms with van der Waals surface area (Å²) in [6, 6.07) is 17.4. The van der Waals surface area contributed by atoms with Crippen molar-refractivity contribution in [1.29, 1.82) is 0 Å². The Morgan fingerprint density at radius 2 is 1.50 bits per heavy atom. The molecular formula is C26H25F2N3O4S. The van der Waals surface area contributed by atoms with Crippen LogP contribution < -0.4 is 5.32 Å². The van der Waals surface area contributed by atoms with Crippen LogP contribution in [0.25, 0.3) is 0 Å². The first-order valence-corrected chi connectivity index (χ1v) is 12.8. The molecule has 3 aromatic carbocycles. The van der Waals surface area contributed by atoms with Crippen LogP contribution in [0.2, 0.25) is 0 Å². The third-order valence-electron chi connectivity index (χ3n) is 5.89. The lowest BCUT2D eigenvalue weighted by molar-refractivity contribution is 0.0855. The summed E-state index contributed by atoms with van der Waals surface area (Å²) in [6.45, 7) is 0.402. The van der Waals surface area contributed by atoms with Gasteiger partial charge in [0.2, 0.25) is 10.0 Å². The van der Waals surface area contributed by atoms with Crippen molar-refractivity contribution >= 4 is 21.6 Å². The Kier molecular flexibility index (Phi) is 7.76. The number of amides is 1. The molecule has 1 N–H and O–H groups in total. The second-order valence-corrected chi connectivity index (χ2v) is 10.2. The van der Waals surface area contributed by atoms with Gasteiger partial charge in [0.1, 0.15) is 11.6 Å². The maximum atomic E-state index is 13.4. The van der Waals surface area contributed by atoms with E-state index in [0.717, 1.165) is 0 Å². The fourth-order valence-corrected chi connectivity index (χ4v) is 5.37. The highest BCUT2D eigenvalue weighted by Crippen LogP contribution is 2.28. The molecule has 4 rings (SSSR count). The quantitative estimate of drug-likeness (QED) is 0.478. The van der Waals surface area contributed by atoms with Crippen LogP contribution in [-0.2, 0) is 14.9 Å². The normalized spacial score (nSPS) is 14.5. The molecular weight excluding hydrogens is 488 g/mol. The third kappa shape index (κ3) is 5.77. The van der Waals surface area contributed by atoms with E-state index in [1.54, 1.807) is 30.3 Å². The molecule has 36 heavy (non-hydrogen) atoms. The van der Waals surface area contributed by atoms with Gasteiger partial charge in [0.15, 0.2) is 6.10 Å². The molecule has 0 radical (unpaired) electrons. The van der Waals surface area contributed by atoms with Crippen molar-refractivity contribution in [2.45, 2.75) is 23.8 Å². The minimum Gasteiger partial charge on any atom is -0.383 e. The highest BCUT2D eigenvalue weighted by Gasteiger charge is 2.29. The molecule has 1 amide bonds. The number of nitrogens with zero attached hydrogens (tertiary/aromatic N) is 2. The summed E-state index contributed by atoms with van der Waals surface area (Å²) in [4.78, 5) is 17.8. The van der Waals surface area contributed by atoms with Gasteiger partial charge in [-0.2, -0.15) is 4.31 Å². The molecule has 0 aromatic heterocycles. The fraction of sp³-hybridized carbons (Fsp3) is 0.231. The van der Waals surface area contributed by atoms with Gasteiger partial charge in [-0.1, -0.05) is 35.5 Å². The number of hydrogen-bond acceptors (Lipinski definition) is 5. The molecule has 3 aromatic rings. The Bertz CT molecular complexity index is 1310. The van der Waals surface area contributed by atoms with Crippen molar-refractivity contribution in [1.82, 2.24) is 9.62 Å². The van der Waals surface area contributed by atoms with Crippen molar-refractivity contribution in [3.8, 4) is 0 Å². The number of sulfonamides is 1. The van der Waals surface area contributed by atoms with Crippen molar-refractivity contribution < 1.29 is 26.8 Å². The predicted octanol–water partition coefficient (Wildman–Crippen LogP) is 4.27. The minimum absolute atomic E-state index is 0.0490. The van der Waals surface area contributed by atoms with Gasteiger partial charge in [0, 0.05) is 38.5 Å². The van der Waals surface area contributed by atoms with Crippen molar-refractivity contribution in [2.75, 3.05) is 20.1 Å². The molecule has 0 atom stereocenters. The number of carbonyl (C=O) groups excluding carboxylic acids is 1. The number of hydrogen-bond donors (Lipinski definition) is 1. The Morgan fingerprint density at radius 3 is 2.03 bits per heavy atom. The summed E-state index contributed by atoms with van der Waals surface area (Å²) in [6.07, 6.45) is 0.0230. The molecule has 0 unspecified atom stereocenters. The van der Waals surface area contributed by atoms with Gasteiger partial charge in [-0.15, -0.1) is 0 Å². The van der Waals surface area contributed by atoms with Crippen LogP contribution >= 0.6 is 0 Å². The van der Waals surface area contributed by atoms with Gasteiger partial charge in [-0.25, -0.2) is 17.2 Å². The van der Waals surface area contributed by atoms with E-state index in [1.807, 2.05) is 0 Å². The van der Waals surface area contributed by atoms with Gasteiger partial charge >= 0.3 is 0 Å². The molecule has 1 heterocycles. The molecule has 0 spiro atoms. The second kappa shape index (κ2) is 11.0. The Morgan fingerprint density at radius 1 is 0.944 bits per heavy atom. The van der Waals surface area contributed by atoms with Gasteiger partial charge in [-0.05, 0) is 53.6 Å². The first-order chi connectivity index (χ1) is 17.3.